The molecule has 0 aliphatic heterocycles. The molecule has 86 valence electrons. The van der Waals surface area contributed by atoms with Gasteiger partial charge in [0.2, 0.25) is 0 Å². The molecule has 0 aliphatic rings. The fraction of sp³-hybridized carbons (Fsp3) is 0.800. The number of hydrogen-bond donors (Lipinski definition) is 1. The fourth-order valence-electron chi connectivity index (χ4n) is 1.31. The molecule has 2 atom stereocenters. The summed E-state index contributed by atoms with van der Waals surface area (Å²) in [6.07, 6.45) is 1.21. The summed E-state index contributed by atoms with van der Waals surface area (Å²) in [6.45, 7) is 6.51. The Bertz CT molecular complexity index is 288. The summed E-state index contributed by atoms with van der Waals surface area (Å²) in [5, 5.41) is 12.5. The quantitative estimate of drug-likeness (QED) is 0.782. The van der Waals surface area contributed by atoms with Gasteiger partial charge in [-0.25, -0.2) is 0 Å². The highest BCUT2D eigenvalue weighted by atomic mass is 32.2. The van der Waals surface area contributed by atoms with Gasteiger partial charge in [0, 0.05) is 11.8 Å². The molecule has 0 saturated carbocycles. The minimum absolute atomic E-state index is 0.559. The molecule has 0 bridgehead atoms. The lowest BCUT2D eigenvalue weighted by Crippen LogP contribution is -2.34. The minimum atomic E-state index is 0.559. The molecule has 3 nitrogen and oxygen atoms in total. The molecule has 15 heavy (non-hydrogen) atoms. The van der Waals surface area contributed by atoms with E-state index >= 15 is 0 Å². The Hall–Kier alpha value is -0.130. The molecule has 1 aromatic heterocycles. The number of rotatable bonds is 6. The van der Waals surface area contributed by atoms with Crippen LogP contribution >= 0.6 is 23.1 Å². The monoisotopic (exact) mass is 245 g/mol. The Morgan fingerprint density at radius 3 is 2.67 bits per heavy atom. The lowest BCUT2D eigenvalue weighted by atomic mass is 10.0. The molecular weight excluding hydrogens is 226 g/mol. The summed E-state index contributed by atoms with van der Waals surface area (Å²) in [5.41, 5.74) is 0. The van der Waals surface area contributed by atoms with Crippen molar-refractivity contribution < 1.29 is 0 Å². The number of aryl methyl sites for hydroxylation is 1. The smallest absolute Gasteiger partial charge is 0.174 e. The van der Waals surface area contributed by atoms with Gasteiger partial charge in [0.25, 0.3) is 0 Å². The Labute approximate surface area is 100 Å². The lowest BCUT2D eigenvalue weighted by Gasteiger charge is -2.21. The van der Waals surface area contributed by atoms with Gasteiger partial charge in [-0.05, 0) is 19.9 Å². The van der Waals surface area contributed by atoms with Gasteiger partial charge in [-0.3, -0.25) is 0 Å². The maximum absolute atomic E-state index is 4.11. The Morgan fingerprint density at radius 1 is 1.47 bits per heavy atom. The minimum Gasteiger partial charge on any atom is -0.316 e. The summed E-state index contributed by atoms with van der Waals surface area (Å²) in [5.74, 6) is 1.77. The molecule has 1 rings (SSSR count). The van der Waals surface area contributed by atoms with Crippen molar-refractivity contribution in [2.24, 2.45) is 5.92 Å². The van der Waals surface area contributed by atoms with Crippen LogP contribution in [-0.4, -0.2) is 29.0 Å². The second-order valence-corrected chi connectivity index (χ2v) is 6.13. The largest absolute Gasteiger partial charge is 0.316 e. The molecule has 0 fully saturated rings. The van der Waals surface area contributed by atoms with Gasteiger partial charge in [0.05, 0.1) is 0 Å². The van der Waals surface area contributed by atoms with Crippen LogP contribution in [0.4, 0.5) is 0 Å². The van der Waals surface area contributed by atoms with Crippen molar-refractivity contribution in [2.75, 3.05) is 12.8 Å². The standard InChI is InChI=1S/C10H19N3S2/c1-5-7(2)9(11-4)6-14-10-13-12-8(3)15-10/h7,9,11H,5-6H2,1-4H3. The number of thioether (sulfide) groups is 1. The summed E-state index contributed by atoms with van der Waals surface area (Å²) in [4.78, 5) is 0. The predicted molar refractivity (Wildman–Crippen MR) is 67.7 cm³/mol. The summed E-state index contributed by atoms with van der Waals surface area (Å²) in [7, 11) is 2.03. The third-order valence-electron chi connectivity index (χ3n) is 2.60. The Kier molecular flexibility index (Phi) is 5.56. The van der Waals surface area contributed by atoms with Crippen LogP contribution in [0.1, 0.15) is 25.3 Å². The van der Waals surface area contributed by atoms with E-state index in [1.54, 1.807) is 23.1 Å². The van der Waals surface area contributed by atoms with E-state index < -0.39 is 0 Å². The number of nitrogens with zero attached hydrogens (tertiary/aromatic N) is 2. The third kappa shape index (κ3) is 4.09. The SMILES string of the molecule is CCC(C)C(CSc1nnc(C)s1)NC. The van der Waals surface area contributed by atoms with Gasteiger partial charge in [0.1, 0.15) is 5.01 Å². The van der Waals surface area contributed by atoms with E-state index in [0.29, 0.717) is 12.0 Å². The molecule has 1 N–H and O–H groups in total. The molecule has 0 aromatic carbocycles. The van der Waals surface area contributed by atoms with Gasteiger partial charge in [-0.1, -0.05) is 43.4 Å². The summed E-state index contributed by atoms with van der Waals surface area (Å²) in [6, 6.07) is 0.559. The summed E-state index contributed by atoms with van der Waals surface area (Å²) >= 11 is 3.47. The lowest BCUT2D eigenvalue weighted by molar-refractivity contribution is 0.420. The van der Waals surface area contributed by atoms with E-state index in [2.05, 4.69) is 29.4 Å². The first-order valence-electron chi connectivity index (χ1n) is 5.27. The Morgan fingerprint density at radius 2 is 2.20 bits per heavy atom. The van der Waals surface area contributed by atoms with Crippen molar-refractivity contribution >= 4 is 23.1 Å². The highest BCUT2D eigenvalue weighted by molar-refractivity contribution is 8.01. The highest BCUT2D eigenvalue weighted by Gasteiger charge is 2.14. The van der Waals surface area contributed by atoms with Crippen LogP contribution in [0.25, 0.3) is 0 Å². The second-order valence-electron chi connectivity index (χ2n) is 3.68. The number of hydrogen-bond acceptors (Lipinski definition) is 5. The molecule has 0 aliphatic carbocycles. The van der Waals surface area contributed by atoms with Crippen molar-refractivity contribution in [1.29, 1.82) is 0 Å². The van der Waals surface area contributed by atoms with E-state index in [9.17, 15) is 0 Å². The van der Waals surface area contributed by atoms with Crippen molar-refractivity contribution in [3.63, 3.8) is 0 Å². The van der Waals surface area contributed by atoms with Crippen LogP contribution in [0.3, 0.4) is 0 Å². The molecule has 0 radical (unpaired) electrons. The molecular formula is C10H19N3S2. The summed E-state index contributed by atoms with van der Waals surface area (Å²) < 4.78 is 1.08. The zero-order valence-corrected chi connectivity index (χ0v) is 11.4. The molecule has 0 saturated heterocycles. The van der Waals surface area contributed by atoms with Crippen LogP contribution in [0.2, 0.25) is 0 Å². The van der Waals surface area contributed by atoms with E-state index in [4.69, 9.17) is 0 Å². The molecule has 2 unspecified atom stereocenters. The molecule has 0 spiro atoms. The normalized spacial score (nSPS) is 15.2. The molecule has 1 aromatic rings. The topological polar surface area (TPSA) is 37.8 Å². The molecule has 1 heterocycles. The Balaban J connectivity index is 2.40. The number of aromatic nitrogens is 2. The van der Waals surface area contributed by atoms with Crippen molar-refractivity contribution in [3.05, 3.63) is 5.01 Å². The zero-order valence-electron chi connectivity index (χ0n) is 9.78. The average molecular weight is 245 g/mol. The van der Waals surface area contributed by atoms with E-state index in [-0.39, 0.29) is 0 Å². The first-order valence-corrected chi connectivity index (χ1v) is 7.07. The number of nitrogens with one attached hydrogen (secondary N) is 1. The van der Waals surface area contributed by atoms with E-state index in [1.165, 1.54) is 6.42 Å². The van der Waals surface area contributed by atoms with Crippen LogP contribution in [0.15, 0.2) is 4.34 Å². The van der Waals surface area contributed by atoms with Crippen LogP contribution in [-0.2, 0) is 0 Å². The van der Waals surface area contributed by atoms with Crippen LogP contribution in [0, 0.1) is 12.8 Å². The van der Waals surface area contributed by atoms with E-state index in [0.717, 1.165) is 15.1 Å². The van der Waals surface area contributed by atoms with Gasteiger partial charge in [0.15, 0.2) is 4.34 Å². The van der Waals surface area contributed by atoms with E-state index in [1.807, 2.05) is 14.0 Å². The van der Waals surface area contributed by atoms with Crippen molar-refractivity contribution in [2.45, 2.75) is 37.6 Å². The van der Waals surface area contributed by atoms with Gasteiger partial charge in [-0.15, -0.1) is 10.2 Å². The average Bonchev–Trinajstić information content (AvgIpc) is 2.64. The van der Waals surface area contributed by atoms with Crippen molar-refractivity contribution in [3.8, 4) is 0 Å². The second kappa shape index (κ2) is 6.45. The highest BCUT2D eigenvalue weighted by Crippen LogP contribution is 2.24. The predicted octanol–water partition coefficient (Wildman–Crippen LogP) is 2.57. The molecule has 5 heteroatoms. The molecule has 0 amide bonds. The van der Waals surface area contributed by atoms with Gasteiger partial charge >= 0.3 is 0 Å². The first kappa shape index (κ1) is 12.9. The first-order chi connectivity index (χ1) is 7.17. The van der Waals surface area contributed by atoms with Crippen LogP contribution in [0.5, 0.6) is 0 Å². The van der Waals surface area contributed by atoms with Crippen molar-refractivity contribution in [1.82, 2.24) is 15.5 Å². The zero-order chi connectivity index (χ0) is 11.3. The third-order valence-corrected chi connectivity index (χ3v) is 4.69. The maximum Gasteiger partial charge on any atom is 0.174 e. The van der Waals surface area contributed by atoms with Crippen LogP contribution < -0.4 is 5.32 Å². The fourth-order valence-corrected chi connectivity index (χ4v) is 3.45. The maximum atomic E-state index is 4.11. The van der Waals surface area contributed by atoms with Gasteiger partial charge in [-0.2, -0.15) is 0 Å². The van der Waals surface area contributed by atoms with Gasteiger partial charge < -0.3 is 5.32 Å².